The van der Waals surface area contributed by atoms with Crippen LogP contribution in [0.4, 0.5) is 34.1 Å². The van der Waals surface area contributed by atoms with E-state index in [1.807, 2.05) is 0 Å². The summed E-state index contributed by atoms with van der Waals surface area (Å²) in [5.41, 5.74) is 36.6. The number of hydrogen-bond acceptors (Lipinski definition) is 2. The monoisotopic (exact) mass is 1340 g/mol. The highest BCUT2D eigenvalue weighted by molar-refractivity contribution is 6.03. The second kappa shape index (κ2) is 22.8. The topological polar surface area (TPSA) is 6.48 Å². The Kier molecular flexibility index (Phi) is 15.3. The summed E-state index contributed by atoms with van der Waals surface area (Å²) in [4.78, 5) is 5.06. The zero-order valence-electron chi connectivity index (χ0n) is 65.7. The third kappa shape index (κ3) is 10.8. The SMILES string of the molecule is CC(C)(C)c1ccc(N(c2ccc(C(C)(C)C)cc2)c2ccc3c(c2)C2(c4cc(C(C)(C)C)ccc4-c4ccc(C(C)(C)C)cc42)c2cc4c(cc2-3)C2(c3cc(N(c5ccc(C(C)(C)C)cc5)c5ccc(C(C)(C)C)cc5)ccc3-4)c3cc(C(C)(C)C)ccc3-c3ccc(C(C)(C)C)cc32)cc1. The van der Waals surface area contributed by atoms with Gasteiger partial charge in [-0.3, -0.25) is 0 Å². The quantitative estimate of drug-likeness (QED) is 0.164. The number of fused-ring (bicyclic) bond motifs is 20. The lowest BCUT2D eigenvalue weighted by Crippen LogP contribution is -2.29. The van der Waals surface area contributed by atoms with E-state index in [2.05, 4.69) is 394 Å². The van der Waals surface area contributed by atoms with Crippen LogP contribution in [0.2, 0.25) is 0 Å². The molecule has 0 fully saturated rings. The molecule has 102 heavy (non-hydrogen) atoms. The average molecular weight is 1340 g/mol. The highest BCUT2D eigenvalue weighted by atomic mass is 15.1. The van der Waals surface area contributed by atoms with Crippen molar-refractivity contribution in [2.24, 2.45) is 0 Å². The molecule has 0 bridgehead atoms. The van der Waals surface area contributed by atoms with Gasteiger partial charge < -0.3 is 9.80 Å². The van der Waals surface area contributed by atoms with E-state index in [0.717, 1.165) is 34.1 Å². The molecule has 0 saturated heterocycles. The summed E-state index contributed by atoms with van der Waals surface area (Å²) in [6, 6.07) is 88.4. The van der Waals surface area contributed by atoms with Gasteiger partial charge in [0.1, 0.15) is 0 Å². The van der Waals surface area contributed by atoms with Crippen molar-refractivity contribution in [1.82, 2.24) is 0 Å². The Morgan fingerprint density at radius 3 is 0.520 bits per heavy atom. The predicted molar refractivity (Wildman–Crippen MR) is 438 cm³/mol. The molecular weight excluding hydrogens is 1230 g/mol. The summed E-state index contributed by atoms with van der Waals surface area (Å²) in [6.45, 7) is 56.4. The summed E-state index contributed by atoms with van der Waals surface area (Å²) in [6.07, 6.45) is 0. The van der Waals surface area contributed by atoms with Crippen LogP contribution >= 0.6 is 0 Å². The lowest BCUT2D eigenvalue weighted by atomic mass is 9.67. The Labute approximate surface area is 612 Å². The molecule has 2 spiro atoms. The van der Waals surface area contributed by atoms with Gasteiger partial charge in [-0.05, 0) is 262 Å². The zero-order valence-corrected chi connectivity index (χ0v) is 65.7. The van der Waals surface area contributed by atoms with Crippen molar-refractivity contribution in [3.05, 3.63) is 307 Å². The molecule has 4 aliphatic rings. The van der Waals surface area contributed by atoms with E-state index in [9.17, 15) is 0 Å². The van der Waals surface area contributed by atoms with Gasteiger partial charge in [0.25, 0.3) is 0 Å². The second-order valence-electron chi connectivity index (χ2n) is 38.8. The molecule has 0 unspecified atom stereocenters. The fourth-order valence-electron chi connectivity index (χ4n) is 17.4. The van der Waals surface area contributed by atoms with Crippen LogP contribution < -0.4 is 9.80 Å². The predicted octanol–water partition coefficient (Wildman–Crippen LogP) is 27.7. The number of nitrogens with zero attached hydrogens (tertiary/aromatic N) is 2. The smallest absolute Gasteiger partial charge is 0.0726 e. The van der Waals surface area contributed by atoms with Crippen molar-refractivity contribution < 1.29 is 0 Å². The third-order valence-corrected chi connectivity index (χ3v) is 23.6. The normalized spacial score (nSPS) is 14.8. The zero-order chi connectivity index (χ0) is 72.9. The van der Waals surface area contributed by atoms with Gasteiger partial charge in [-0.25, -0.2) is 0 Å². The van der Waals surface area contributed by atoms with Crippen LogP contribution in [0.15, 0.2) is 218 Å². The first kappa shape index (κ1) is 68.8. The Morgan fingerprint density at radius 2 is 0.314 bits per heavy atom. The maximum absolute atomic E-state index is 2.74. The Morgan fingerprint density at radius 1 is 0.157 bits per heavy atom. The fourth-order valence-corrected chi connectivity index (χ4v) is 17.4. The molecule has 0 heterocycles. The Bertz CT molecular complexity index is 4610. The first-order chi connectivity index (χ1) is 47.6. The van der Waals surface area contributed by atoms with Crippen LogP contribution in [0.25, 0.3) is 44.5 Å². The van der Waals surface area contributed by atoms with Gasteiger partial charge in [0, 0.05) is 34.1 Å². The van der Waals surface area contributed by atoms with E-state index < -0.39 is 10.8 Å². The van der Waals surface area contributed by atoms with E-state index in [1.54, 1.807) is 0 Å². The van der Waals surface area contributed by atoms with Gasteiger partial charge >= 0.3 is 0 Å². The van der Waals surface area contributed by atoms with Gasteiger partial charge in [-0.1, -0.05) is 300 Å². The lowest BCUT2D eigenvalue weighted by Gasteiger charge is -2.35. The van der Waals surface area contributed by atoms with E-state index in [-0.39, 0.29) is 43.3 Å². The first-order valence-corrected chi connectivity index (χ1v) is 37.7. The van der Waals surface area contributed by atoms with Gasteiger partial charge in [-0.15, -0.1) is 0 Å². The highest BCUT2D eigenvalue weighted by Crippen LogP contribution is 2.70. The van der Waals surface area contributed by atoms with Crippen molar-refractivity contribution in [2.75, 3.05) is 9.80 Å². The van der Waals surface area contributed by atoms with Crippen LogP contribution in [0.1, 0.15) is 255 Å². The molecule has 4 aliphatic carbocycles. The van der Waals surface area contributed by atoms with Crippen molar-refractivity contribution >= 4 is 34.1 Å². The van der Waals surface area contributed by atoms with Crippen molar-refractivity contribution in [2.45, 2.75) is 220 Å². The van der Waals surface area contributed by atoms with E-state index in [4.69, 9.17) is 0 Å². The summed E-state index contributed by atoms with van der Waals surface area (Å²) in [5, 5.41) is 0. The lowest BCUT2D eigenvalue weighted by molar-refractivity contribution is 0.586. The van der Waals surface area contributed by atoms with Crippen LogP contribution in [0.3, 0.4) is 0 Å². The van der Waals surface area contributed by atoms with Crippen molar-refractivity contribution in [3.8, 4) is 44.5 Å². The second-order valence-corrected chi connectivity index (χ2v) is 38.8. The summed E-state index contributed by atoms with van der Waals surface area (Å²) >= 11 is 0. The number of hydrogen-bond donors (Lipinski definition) is 0. The molecule has 0 radical (unpaired) electrons. The minimum Gasteiger partial charge on any atom is -0.310 e. The molecule has 2 nitrogen and oxygen atoms in total. The molecule has 0 aliphatic heterocycles. The molecule has 11 aromatic carbocycles. The average Bonchev–Trinajstić information content (AvgIpc) is 1.49. The van der Waals surface area contributed by atoms with Crippen LogP contribution in [-0.4, -0.2) is 0 Å². The molecule has 518 valence electrons. The van der Waals surface area contributed by atoms with Crippen LogP contribution in [0, 0.1) is 0 Å². The molecule has 0 amide bonds. The number of benzene rings is 11. The van der Waals surface area contributed by atoms with Crippen molar-refractivity contribution in [3.63, 3.8) is 0 Å². The standard InChI is InChI=1S/C100H108N2/c1-91(2,3)61-25-37-69(38-26-61)101(70-39-27-62(28-40-70)92(4,5)6)73-45-51-79-81-59-90-82(60-89(81)99(87(79)57-73)83-53-65(95(13,14)15)33-47-75(83)76-48-34-66(54-84(76)99)96(16,17)18)80-52-46-74(102(71-41-29-63(30-42-71)93(7,8)9)72-43-31-64(32-44-72)94(10,11)12)58-88(80)100(90)85-55-67(97(19,20)21)35-49-77(85)78-50-36-68(56-86(78)100)98(22,23)24/h25-60H,1-24H3. The molecular formula is C100H108N2. The van der Waals surface area contributed by atoms with Gasteiger partial charge in [0.2, 0.25) is 0 Å². The molecule has 0 saturated carbocycles. The van der Waals surface area contributed by atoms with E-state index in [0.29, 0.717) is 0 Å². The highest BCUT2D eigenvalue weighted by Gasteiger charge is 2.57. The maximum atomic E-state index is 2.74. The molecule has 11 aromatic rings. The van der Waals surface area contributed by atoms with Crippen LogP contribution in [-0.2, 0) is 54.1 Å². The van der Waals surface area contributed by atoms with Gasteiger partial charge in [0.15, 0.2) is 0 Å². The van der Waals surface area contributed by atoms with Gasteiger partial charge in [-0.2, -0.15) is 0 Å². The van der Waals surface area contributed by atoms with E-state index >= 15 is 0 Å². The van der Waals surface area contributed by atoms with Crippen LogP contribution in [0.5, 0.6) is 0 Å². The van der Waals surface area contributed by atoms with Gasteiger partial charge in [0.05, 0.1) is 10.8 Å². The third-order valence-electron chi connectivity index (χ3n) is 23.6. The Hall–Kier alpha value is -8.98. The summed E-state index contributed by atoms with van der Waals surface area (Å²) in [5.74, 6) is 0. The number of rotatable bonds is 6. The molecule has 15 rings (SSSR count). The minimum absolute atomic E-state index is 0.00319. The van der Waals surface area contributed by atoms with E-state index in [1.165, 1.54) is 134 Å². The molecule has 0 N–H and O–H groups in total. The first-order valence-electron chi connectivity index (χ1n) is 37.7. The molecule has 2 heteroatoms. The minimum atomic E-state index is -0.726. The van der Waals surface area contributed by atoms with Crippen molar-refractivity contribution in [1.29, 1.82) is 0 Å². The Balaban J connectivity index is 1.08. The largest absolute Gasteiger partial charge is 0.310 e. The molecule has 0 atom stereocenters. The summed E-state index contributed by atoms with van der Waals surface area (Å²) in [7, 11) is 0. The maximum Gasteiger partial charge on any atom is 0.0726 e. The molecule has 0 aromatic heterocycles. The fraction of sp³-hybridized carbons (Fsp3) is 0.340. The summed E-state index contributed by atoms with van der Waals surface area (Å²) < 4.78 is 0. The number of anilines is 6.